The van der Waals surface area contributed by atoms with Gasteiger partial charge in [0, 0.05) is 19.7 Å². The van der Waals surface area contributed by atoms with E-state index in [-0.39, 0.29) is 5.95 Å². The number of nitrogens with two attached hydrogens (primary N) is 1. The van der Waals surface area contributed by atoms with Crippen LogP contribution < -0.4 is 16.4 Å². The Balaban J connectivity index is 2.71. The molecule has 5 nitrogen and oxygen atoms in total. The third-order valence-corrected chi connectivity index (χ3v) is 1.69. The number of hydrogen-bond acceptors (Lipinski definition) is 5. The van der Waals surface area contributed by atoms with Crippen LogP contribution in [-0.4, -0.2) is 23.6 Å². The molecule has 0 spiro atoms. The van der Waals surface area contributed by atoms with Crippen molar-refractivity contribution in [1.82, 2.24) is 9.97 Å². The summed E-state index contributed by atoms with van der Waals surface area (Å²) in [4.78, 5) is 8.06. The van der Waals surface area contributed by atoms with Gasteiger partial charge in [-0.3, -0.25) is 0 Å². The van der Waals surface area contributed by atoms with Gasteiger partial charge in [-0.15, -0.1) is 0 Å². The summed E-state index contributed by atoms with van der Waals surface area (Å²) in [6.07, 6.45) is 0. The molecule has 0 aliphatic rings. The molecular weight excluding hydrogens is 178 g/mol. The quantitative estimate of drug-likeness (QED) is 0.672. The van der Waals surface area contributed by atoms with Gasteiger partial charge in [0.15, 0.2) is 0 Å². The van der Waals surface area contributed by atoms with Crippen molar-refractivity contribution in [2.45, 2.75) is 13.8 Å². The molecule has 0 amide bonds. The van der Waals surface area contributed by atoms with Crippen LogP contribution in [0, 0.1) is 5.92 Å². The summed E-state index contributed by atoms with van der Waals surface area (Å²) in [6.45, 7) is 5.15. The van der Waals surface area contributed by atoms with Crippen molar-refractivity contribution in [1.29, 1.82) is 0 Å². The molecule has 0 saturated heterocycles. The third kappa shape index (κ3) is 3.08. The van der Waals surface area contributed by atoms with Crippen LogP contribution in [0.4, 0.5) is 17.6 Å². The van der Waals surface area contributed by atoms with E-state index in [9.17, 15) is 0 Å². The van der Waals surface area contributed by atoms with Crippen molar-refractivity contribution in [3.63, 3.8) is 0 Å². The second kappa shape index (κ2) is 4.64. The number of aromatic nitrogens is 2. The Kier molecular flexibility index (Phi) is 3.50. The van der Waals surface area contributed by atoms with E-state index in [1.165, 1.54) is 0 Å². The topological polar surface area (TPSA) is 75.9 Å². The molecule has 0 aliphatic carbocycles. The molecule has 0 saturated carbocycles. The fourth-order valence-electron chi connectivity index (χ4n) is 0.993. The molecule has 78 valence electrons. The molecule has 1 aromatic heterocycles. The lowest BCUT2D eigenvalue weighted by atomic mass is 10.2. The lowest BCUT2D eigenvalue weighted by molar-refractivity contribution is 0.687. The second-order valence-corrected chi connectivity index (χ2v) is 3.52. The summed E-state index contributed by atoms with van der Waals surface area (Å²) in [6, 6.07) is 1.83. The first-order chi connectivity index (χ1) is 6.61. The van der Waals surface area contributed by atoms with E-state index in [1.807, 2.05) is 6.07 Å². The van der Waals surface area contributed by atoms with Crippen molar-refractivity contribution in [3.05, 3.63) is 6.07 Å². The van der Waals surface area contributed by atoms with Crippen molar-refractivity contribution in [2.75, 3.05) is 30.0 Å². The van der Waals surface area contributed by atoms with Crippen LogP contribution in [0.5, 0.6) is 0 Å². The highest BCUT2D eigenvalue weighted by Crippen LogP contribution is 2.11. The number of nitrogens with zero attached hydrogens (tertiary/aromatic N) is 2. The first kappa shape index (κ1) is 10.6. The zero-order chi connectivity index (χ0) is 10.6. The summed E-state index contributed by atoms with van der Waals surface area (Å²) in [7, 11) is 1.80. The van der Waals surface area contributed by atoms with Crippen LogP contribution in [0.25, 0.3) is 0 Å². The first-order valence-corrected chi connectivity index (χ1v) is 4.68. The van der Waals surface area contributed by atoms with Gasteiger partial charge < -0.3 is 16.4 Å². The highest BCUT2D eigenvalue weighted by Gasteiger charge is 2.01. The van der Waals surface area contributed by atoms with E-state index in [2.05, 4.69) is 34.4 Å². The zero-order valence-corrected chi connectivity index (χ0v) is 8.83. The standard InChI is InChI=1S/C9H17N5/c1-6(2)5-12-8-4-7(11-3)13-9(10)14-8/h4,6H,5H2,1-3H3,(H4,10,11,12,13,14). The van der Waals surface area contributed by atoms with Gasteiger partial charge in [0.05, 0.1) is 0 Å². The molecule has 0 unspecified atom stereocenters. The molecule has 0 aliphatic heterocycles. The van der Waals surface area contributed by atoms with Crippen LogP contribution in [0.1, 0.15) is 13.8 Å². The van der Waals surface area contributed by atoms with E-state index >= 15 is 0 Å². The average molecular weight is 195 g/mol. The van der Waals surface area contributed by atoms with Gasteiger partial charge in [-0.25, -0.2) is 0 Å². The fourth-order valence-corrected chi connectivity index (χ4v) is 0.993. The monoisotopic (exact) mass is 195 g/mol. The molecule has 0 fully saturated rings. The number of nitrogens with one attached hydrogen (secondary N) is 2. The van der Waals surface area contributed by atoms with Crippen molar-refractivity contribution < 1.29 is 0 Å². The molecule has 5 heteroatoms. The molecule has 0 aromatic carbocycles. The molecule has 0 radical (unpaired) electrons. The van der Waals surface area contributed by atoms with Gasteiger partial charge in [0.25, 0.3) is 0 Å². The van der Waals surface area contributed by atoms with Gasteiger partial charge in [0.2, 0.25) is 5.95 Å². The highest BCUT2D eigenvalue weighted by atomic mass is 15.1. The Labute approximate surface area is 84.1 Å². The van der Waals surface area contributed by atoms with Gasteiger partial charge in [-0.1, -0.05) is 13.8 Å². The van der Waals surface area contributed by atoms with Gasteiger partial charge >= 0.3 is 0 Å². The number of hydrogen-bond donors (Lipinski definition) is 3. The largest absolute Gasteiger partial charge is 0.373 e. The highest BCUT2D eigenvalue weighted by molar-refractivity contribution is 5.50. The Morgan fingerprint density at radius 2 is 2.00 bits per heavy atom. The summed E-state index contributed by atoms with van der Waals surface area (Å²) >= 11 is 0. The Morgan fingerprint density at radius 3 is 2.57 bits per heavy atom. The van der Waals surface area contributed by atoms with Gasteiger partial charge in [-0.05, 0) is 5.92 Å². The van der Waals surface area contributed by atoms with E-state index in [1.54, 1.807) is 7.05 Å². The van der Waals surface area contributed by atoms with Crippen molar-refractivity contribution >= 4 is 17.6 Å². The Bertz CT molecular complexity index is 297. The molecule has 4 N–H and O–H groups in total. The van der Waals surface area contributed by atoms with Crippen LogP contribution in [0.3, 0.4) is 0 Å². The third-order valence-electron chi connectivity index (χ3n) is 1.69. The number of anilines is 3. The van der Waals surface area contributed by atoms with Crippen LogP contribution in [0.15, 0.2) is 6.07 Å². The summed E-state index contributed by atoms with van der Waals surface area (Å²) < 4.78 is 0. The maximum absolute atomic E-state index is 5.54. The van der Waals surface area contributed by atoms with Crippen molar-refractivity contribution in [3.8, 4) is 0 Å². The first-order valence-electron chi connectivity index (χ1n) is 4.68. The van der Waals surface area contributed by atoms with Gasteiger partial charge in [-0.2, -0.15) is 9.97 Å². The summed E-state index contributed by atoms with van der Waals surface area (Å²) in [5, 5.41) is 6.11. The van der Waals surface area contributed by atoms with Crippen LogP contribution >= 0.6 is 0 Å². The zero-order valence-electron chi connectivity index (χ0n) is 8.83. The van der Waals surface area contributed by atoms with Crippen LogP contribution in [0.2, 0.25) is 0 Å². The van der Waals surface area contributed by atoms with Gasteiger partial charge in [0.1, 0.15) is 11.6 Å². The van der Waals surface area contributed by atoms with Crippen LogP contribution in [-0.2, 0) is 0 Å². The number of nitrogen functional groups attached to an aromatic ring is 1. The second-order valence-electron chi connectivity index (χ2n) is 3.52. The predicted octanol–water partition coefficient (Wildman–Crippen LogP) is 1.17. The van der Waals surface area contributed by atoms with E-state index in [0.29, 0.717) is 5.92 Å². The molecule has 0 atom stereocenters. The molecular formula is C9H17N5. The Hall–Kier alpha value is -1.52. The van der Waals surface area contributed by atoms with E-state index < -0.39 is 0 Å². The SMILES string of the molecule is CNc1cc(NCC(C)C)nc(N)n1. The summed E-state index contributed by atoms with van der Waals surface area (Å²) in [5.74, 6) is 2.34. The lowest BCUT2D eigenvalue weighted by Crippen LogP contribution is -2.11. The Morgan fingerprint density at radius 1 is 1.36 bits per heavy atom. The molecule has 1 rings (SSSR count). The minimum absolute atomic E-state index is 0.281. The van der Waals surface area contributed by atoms with E-state index in [4.69, 9.17) is 5.73 Å². The molecule has 1 aromatic rings. The molecule has 1 heterocycles. The van der Waals surface area contributed by atoms with Crippen molar-refractivity contribution in [2.24, 2.45) is 5.92 Å². The van der Waals surface area contributed by atoms with E-state index in [0.717, 1.165) is 18.2 Å². The maximum atomic E-state index is 5.54. The average Bonchev–Trinajstić information content (AvgIpc) is 2.14. The molecule has 0 bridgehead atoms. The molecule has 14 heavy (non-hydrogen) atoms. The normalized spacial score (nSPS) is 10.3. The minimum atomic E-state index is 0.281. The maximum Gasteiger partial charge on any atom is 0.223 e. The predicted molar refractivity (Wildman–Crippen MR) is 59.3 cm³/mol. The smallest absolute Gasteiger partial charge is 0.223 e. The minimum Gasteiger partial charge on any atom is -0.373 e. The number of rotatable bonds is 4. The fraction of sp³-hybridized carbons (Fsp3) is 0.556. The lowest BCUT2D eigenvalue weighted by Gasteiger charge is -2.09. The summed E-state index contributed by atoms with van der Waals surface area (Å²) in [5.41, 5.74) is 5.54.